The summed E-state index contributed by atoms with van der Waals surface area (Å²) in [6.07, 6.45) is 46.6. The molecule has 0 bridgehead atoms. The van der Waals surface area contributed by atoms with Crippen LogP contribution >= 0.6 is 0 Å². The molecule has 6 nitrogen and oxygen atoms in total. The van der Waals surface area contributed by atoms with Gasteiger partial charge in [0.2, 0.25) is 0 Å². The third-order valence-corrected chi connectivity index (χ3v) is 9.19. The minimum absolute atomic E-state index is 0.0788. The van der Waals surface area contributed by atoms with Gasteiger partial charge in [-0.15, -0.1) is 0 Å². The summed E-state index contributed by atoms with van der Waals surface area (Å²) >= 11 is 0. The Kier molecular flexibility index (Phi) is 39.1. The first-order chi connectivity index (χ1) is 25.5. The molecule has 0 saturated carbocycles. The molecule has 52 heavy (non-hydrogen) atoms. The van der Waals surface area contributed by atoms with Gasteiger partial charge >= 0.3 is 17.9 Å². The van der Waals surface area contributed by atoms with Gasteiger partial charge in [-0.2, -0.15) is 0 Å². The quantitative estimate of drug-likeness (QED) is 0.0272. The second-order valence-electron chi connectivity index (χ2n) is 14.3. The third-order valence-electron chi connectivity index (χ3n) is 9.19. The van der Waals surface area contributed by atoms with Gasteiger partial charge < -0.3 is 14.2 Å². The van der Waals surface area contributed by atoms with E-state index in [0.717, 1.165) is 83.5 Å². The van der Waals surface area contributed by atoms with Crippen LogP contribution in [-0.2, 0) is 28.6 Å². The second kappa shape index (κ2) is 41.1. The maximum Gasteiger partial charge on any atom is 0.306 e. The zero-order valence-corrected chi connectivity index (χ0v) is 34.1. The van der Waals surface area contributed by atoms with Crippen LogP contribution in [0.3, 0.4) is 0 Å². The molecule has 0 aromatic heterocycles. The van der Waals surface area contributed by atoms with Gasteiger partial charge in [0.25, 0.3) is 0 Å². The first kappa shape index (κ1) is 49.4. The van der Waals surface area contributed by atoms with E-state index in [2.05, 4.69) is 51.2 Å². The van der Waals surface area contributed by atoms with Gasteiger partial charge in [-0.1, -0.05) is 198 Å². The molecular formula is C46H80O6. The molecule has 0 N–H and O–H groups in total. The lowest BCUT2D eigenvalue weighted by Crippen LogP contribution is -2.30. The largest absolute Gasteiger partial charge is 0.462 e. The van der Waals surface area contributed by atoms with Gasteiger partial charge in [0.1, 0.15) is 13.2 Å². The Balaban J connectivity index is 4.38. The van der Waals surface area contributed by atoms with Gasteiger partial charge in [-0.05, 0) is 38.5 Å². The minimum Gasteiger partial charge on any atom is -0.462 e. The minimum atomic E-state index is -0.775. The Labute approximate surface area is 320 Å². The highest BCUT2D eigenvalue weighted by Gasteiger charge is 2.19. The maximum absolute atomic E-state index is 12.6. The Morgan fingerprint density at radius 3 is 1.17 bits per heavy atom. The fourth-order valence-corrected chi connectivity index (χ4v) is 5.92. The van der Waals surface area contributed by atoms with Crippen molar-refractivity contribution >= 4 is 17.9 Å². The summed E-state index contributed by atoms with van der Waals surface area (Å²) in [7, 11) is 0. The number of carbonyl (C=O) groups excluding carboxylic acids is 3. The molecule has 1 unspecified atom stereocenters. The Morgan fingerprint density at radius 2 is 0.750 bits per heavy atom. The molecule has 1 atom stereocenters. The predicted octanol–water partition coefficient (Wildman–Crippen LogP) is 13.6. The van der Waals surface area contributed by atoms with Crippen molar-refractivity contribution in [3.05, 3.63) is 48.6 Å². The van der Waals surface area contributed by atoms with Gasteiger partial charge in [-0.3, -0.25) is 14.4 Å². The van der Waals surface area contributed by atoms with E-state index in [1.807, 2.05) is 18.2 Å². The predicted molar refractivity (Wildman–Crippen MR) is 219 cm³/mol. The van der Waals surface area contributed by atoms with Crippen molar-refractivity contribution in [2.24, 2.45) is 0 Å². The van der Waals surface area contributed by atoms with Crippen LogP contribution in [0, 0.1) is 0 Å². The molecule has 0 aromatic rings. The molecule has 6 heteroatoms. The van der Waals surface area contributed by atoms with Crippen molar-refractivity contribution in [2.75, 3.05) is 13.2 Å². The van der Waals surface area contributed by atoms with Gasteiger partial charge in [0, 0.05) is 19.3 Å². The lowest BCUT2D eigenvalue weighted by molar-refractivity contribution is -0.167. The summed E-state index contributed by atoms with van der Waals surface area (Å²) in [4.78, 5) is 37.6. The summed E-state index contributed by atoms with van der Waals surface area (Å²) in [6, 6.07) is 0. The van der Waals surface area contributed by atoms with Crippen LogP contribution in [0.25, 0.3) is 0 Å². The first-order valence-corrected chi connectivity index (χ1v) is 21.7. The summed E-state index contributed by atoms with van der Waals surface area (Å²) in [5.41, 5.74) is 0. The fraction of sp³-hybridized carbons (Fsp3) is 0.761. The van der Waals surface area contributed by atoms with E-state index in [1.165, 1.54) is 83.5 Å². The van der Waals surface area contributed by atoms with Crippen molar-refractivity contribution in [1.29, 1.82) is 0 Å². The number of esters is 3. The third kappa shape index (κ3) is 38.6. The smallest absolute Gasteiger partial charge is 0.306 e. The Morgan fingerprint density at radius 1 is 0.404 bits per heavy atom. The molecule has 0 saturated heterocycles. The molecule has 300 valence electrons. The topological polar surface area (TPSA) is 78.9 Å². The molecule has 0 rings (SSSR count). The molecular weight excluding hydrogens is 648 g/mol. The van der Waals surface area contributed by atoms with Crippen molar-refractivity contribution in [2.45, 2.75) is 213 Å². The highest BCUT2D eigenvalue weighted by Crippen LogP contribution is 2.14. The highest BCUT2D eigenvalue weighted by atomic mass is 16.6. The molecule has 0 radical (unpaired) electrons. The van der Waals surface area contributed by atoms with Crippen LogP contribution in [0.5, 0.6) is 0 Å². The van der Waals surface area contributed by atoms with Crippen LogP contribution in [0.1, 0.15) is 207 Å². The number of allylic oxidation sites excluding steroid dienone is 8. The van der Waals surface area contributed by atoms with Gasteiger partial charge in [-0.25, -0.2) is 0 Å². The summed E-state index contributed by atoms with van der Waals surface area (Å²) in [6.45, 7) is 6.43. The number of ether oxygens (including phenoxy) is 3. The van der Waals surface area contributed by atoms with Crippen molar-refractivity contribution in [3.8, 4) is 0 Å². The van der Waals surface area contributed by atoms with E-state index in [9.17, 15) is 14.4 Å². The number of hydrogen-bond acceptors (Lipinski definition) is 6. The zero-order chi connectivity index (χ0) is 38.0. The number of rotatable bonds is 38. The molecule has 0 aromatic carbocycles. The average Bonchev–Trinajstić information content (AvgIpc) is 3.14. The molecule has 0 amide bonds. The van der Waals surface area contributed by atoms with Crippen molar-refractivity contribution < 1.29 is 28.6 Å². The standard InChI is InChI=1S/C46H80O6/c1-4-7-10-13-16-19-21-22-23-24-25-28-30-33-36-39-45(48)51-42-43(41-50-44(47)38-35-32-29-26-18-15-12-9-6-3)52-46(49)40-37-34-31-27-20-17-14-11-8-5-2/h7,10,13,16,19,21-23,43H,4-6,8-9,11-12,14-15,17-18,20,24-42H2,1-3H3/b10-7-,16-13-,21-19-,23-22-. The molecule has 0 aliphatic heterocycles. The SMILES string of the molecule is CC\C=C/C=C\C=C/C=C\CCCCCCCC(=O)OCC(COC(=O)CCCCCCCCCCC)OC(=O)CCCCCCCCCCCC. The van der Waals surface area contributed by atoms with E-state index in [1.54, 1.807) is 0 Å². The molecule has 0 fully saturated rings. The lowest BCUT2D eigenvalue weighted by atomic mass is 10.1. The maximum atomic E-state index is 12.6. The van der Waals surface area contributed by atoms with E-state index in [4.69, 9.17) is 14.2 Å². The fourth-order valence-electron chi connectivity index (χ4n) is 5.92. The average molecular weight is 729 g/mol. The van der Waals surface area contributed by atoms with Gasteiger partial charge in [0.15, 0.2) is 6.10 Å². The number of hydrogen-bond donors (Lipinski definition) is 0. The molecule has 0 aliphatic rings. The van der Waals surface area contributed by atoms with Crippen LogP contribution in [0.2, 0.25) is 0 Å². The van der Waals surface area contributed by atoms with E-state index >= 15 is 0 Å². The summed E-state index contributed by atoms with van der Waals surface area (Å²) in [5, 5.41) is 0. The van der Waals surface area contributed by atoms with Crippen LogP contribution in [-0.4, -0.2) is 37.2 Å². The van der Waals surface area contributed by atoms with E-state index in [0.29, 0.717) is 19.3 Å². The van der Waals surface area contributed by atoms with Crippen LogP contribution in [0.15, 0.2) is 48.6 Å². The normalized spacial score (nSPS) is 12.4. The number of unbranched alkanes of at least 4 members (excludes halogenated alkanes) is 22. The lowest BCUT2D eigenvalue weighted by Gasteiger charge is -2.18. The monoisotopic (exact) mass is 729 g/mol. The van der Waals surface area contributed by atoms with Crippen molar-refractivity contribution in [3.63, 3.8) is 0 Å². The summed E-state index contributed by atoms with van der Waals surface area (Å²) < 4.78 is 16.6. The first-order valence-electron chi connectivity index (χ1n) is 21.7. The number of carbonyl (C=O) groups is 3. The molecule has 0 heterocycles. The van der Waals surface area contributed by atoms with Gasteiger partial charge in [0.05, 0.1) is 0 Å². The zero-order valence-electron chi connectivity index (χ0n) is 34.1. The molecule has 0 spiro atoms. The van der Waals surface area contributed by atoms with Crippen LogP contribution in [0.4, 0.5) is 0 Å². The highest BCUT2D eigenvalue weighted by molar-refractivity contribution is 5.71. The second-order valence-corrected chi connectivity index (χ2v) is 14.3. The Hall–Kier alpha value is -2.63. The summed E-state index contributed by atoms with van der Waals surface area (Å²) in [5.74, 6) is -0.909. The van der Waals surface area contributed by atoms with Crippen molar-refractivity contribution in [1.82, 2.24) is 0 Å². The molecule has 0 aliphatic carbocycles. The van der Waals surface area contributed by atoms with Crippen LogP contribution < -0.4 is 0 Å². The van der Waals surface area contributed by atoms with E-state index < -0.39 is 6.10 Å². The Bertz CT molecular complexity index is 933. The van der Waals surface area contributed by atoms with E-state index in [-0.39, 0.29) is 31.1 Å².